The fourth-order valence-electron chi connectivity index (χ4n) is 1.16. The van der Waals surface area contributed by atoms with Crippen LogP contribution in [0.3, 0.4) is 0 Å². The molecule has 2 heterocycles. The molecule has 0 aliphatic heterocycles. The van der Waals surface area contributed by atoms with Gasteiger partial charge in [-0.1, -0.05) is 11.6 Å². The first kappa shape index (κ1) is 9.58. The Morgan fingerprint density at radius 1 is 1.29 bits per heavy atom. The average Bonchev–Trinajstić information content (AvgIpc) is 2.65. The van der Waals surface area contributed by atoms with E-state index in [2.05, 4.69) is 9.97 Å². The van der Waals surface area contributed by atoms with Crippen molar-refractivity contribution in [1.29, 1.82) is 0 Å². The summed E-state index contributed by atoms with van der Waals surface area (Å²) >= 11 is 7.32. The summed E-state index contributed by atoms with van der Waals surface area (Å²) < 4.78 is 0.744. The molecule has 0 saturated carbocycles. The molecular formula is C9H8ClN3S. The van der Waals surface area contributed by atoms with Crippen LogP contribution in [0.15, 0.2) is 24.5 Å². The molecule has 0 aliphatic rings. The average molecular weight is 226 g/mol. The van der Waals surface area contributed by atoms with Gasteiger partial charge in [-0.25, -0.2) is 0 Å². The van der Waals surface area contributed by atoms with Crippen molar-refractivity contribution in [1.82, 2.24) is 9.97 Å². The Bertz CT molecular complexity index is 441. The highest BCUT2D eigenvalue weighted by Gasteiger charge is 2.08. The third-order valence-corrected chi connectivity index (χ3v) is 3.01. The Balaban J connectivity index is 2.50. The summed E-state index contributed by atoms with van der Waals surface area (Å²) in [7, 11) is 0. The van der Waals surface area contributed by atoms with E-state index in [1.54, 1.807) is 12.4 Å². The van der Waals surface area contributed by atoms with E-state index in [0.717, 1.165) is 20.6 Å². The summed E-state index contributed by atoms with van der Waals surface area (Å²) in [5, 5.41) is 0. The number of halogens is 1. The molecule has 0 fully saturated rings. The van der Waals surface area contributed by atoms with Crippen molar-refractivity contribution in [3.05, 3.63) is 34.6 Å². The fraction of sp³-hybridized carbons (Fsp3) is 0.111. The van der Waals surface area contributed by atoms with Crippen molar-refractivity contribution < 1.29 is 0 Å². The maximum Gasteiger partial charge on any atom is 0.103 e. The van der Waals surface area contributed by atoms with Gasteiger partial charge in [0.25, 0.3) is 0 Å². The molecule has 5 heteroatoms. The van der Waals surface area contributed by atoms with Gasteiger partial charge in [0.1, 0.15) is 5.69 Å². The predicted molar refractivity (Wildman–Crippen MR) is 58.2 cm³/mol. The lowest BCUT2D eigenvalue weighted by atomic mass is 10.2. The summed E-state index contributed by atoms with van der Waals surface area (Å²) in [5.74, 6) is 0. The summed E-state index contributed by atoms with van der Waals surface area (Å²) in [6.07, 6.45) is 3.29. The Morgan fingerprint density at radius 2 is 2.07 bits per heavy atom. The van der Waals surface area contributed by atoms with Crippen LogP contribution in [-0.4, -0.2) is 9.97 Å². The topological polar surface area (TPSA) is 51.8 Å². The van der Waals surface area contributed by atoms with Gasteiger partial charge in [0.05, 0.1) is 14.9 Å². The molecule has 0 aliphatic carbocycles. The van der Waals surface area contributed by atoms with Gasteiger partial charge in [-0.3, -0.25) is 9.97 Å². The lowest BCUT2D eigenvalue weighted by Gasteiger charge is -2.01. The number of hydrogen-bond donors (Lipinski definition) is 1. The number of thiophene rings is 1. The molecule has 0 bridgehead atoms. The third kappa shape index (κ3) is 1.77. The van der Waals surface area contributed by atoms with Crippen molar-refractivity contribution in [2.24, 2.45) is 5.73 Å². The minimum atomic E-state index is 0.388. The van der Waals surface area contributed by atoms with Crippen molar-refractivity contribution in [3.8, 4) is 10.6 Å². The van der Waals surface area contributed by atoms with E-state index in [9.17, 15) is 0 Å². The number of nitrogens with zero attached hydrogens (tertiary/aromatic N) is 2. The summed E-state index contributed by atoms with van der Waals surface area (Å²) in [4.78, 5) is 9.40. The summed E-state index contributed by atoms with van der Waals surface area (Å²) in [6.45, 7) is 0.388. The van der Waals surface area contributed by atoms with E-state index >= 15 is 0 Å². The van der Waals surface area contributed by atoms with Gasteiger partial charge in [0.2, 0.25) is 0 Å². The molecule has 0 amide bonds. The Hall–Kier alpha value is -0.970. The predicted octanol–water partition coefficient (Wildman–Crippen LogP) is 2.32. The molecule has 2 N–H and O–H groups in total. The van der Waals surface area contributed by atoms with E-state index in [0.29, 0.717) is 6.54 Å². The van der Waals surface area contributed by atoms with Gasteiger partial charge in [0, 0.05) is 18.9 Å². The highest BCUT2D eigenvalue weighted by molar-refractivity contribution is 7.19. The second-order valence-electron chi connectivity index (χ2n) is 2.66. The van der Waals surface area contributed by atoms with Gasteiger partial charge in [-0.2, -0.15) is 0 Å². The Kier molecular flexibility index (Phi) is 2.77. The quantitative estimate of drug-likeness (QED) is 0.854. The molecule has 0 atom stereocenters. The molecule has 14 heavy (non-hydrogen) atoms. The van der Waals surface area contributed by atoms with Gasteiger partial charge in [0.15, 0.2) is 0 Å². The van der Waals surface area contributed by atoms with Crippen LogP contribution in [0, 0.1) is 0 Å². The molecular weight excluding hydrogens is 218 g/mol. The zero-order chi connectivity index (χ0) is 9.97. The van der Waals surface area contributed by atoms with Crippen molar-refractivity contribution >= 4 is 22.9 Å². The zero-order valence-electron chi connectivity index (χ0n) is 7.27. The first-order valence-electron chi connectivity index (χ1n) is 4.07. The smallest absolute Gasteiger partial charge is 0.103 e. The first-order chi connectivity index (χ1) is 6.81. The van der Waals surface area contributed by atoms with Gasteiger partial charge >= 0.3 is 0 Å². The van der Waals surface area contributed by atoms with Crippen LogP contribution in [0.1, 0.15) is 5.69 Å². The van der Waals surface area contributed by atoms with Gasteiger partial charge in [-0.05, 0) is 12.1 Å². The molecule has 0 radical (unpaired) electrons. The van der Waals surface area contributed by atoms with Crippen LogP contribution in [0.25, 0.3) is 10.6 Å². The Morgan fingerprint density at radius 3 is 2.71 bits per heavy atom. The minimum Gasteiger partial charge on any atom is -0.325 e. The molecule has 0 saturated heterocycles. The molecule has 2 rings (SSSR count). The standard InChI is InChI=1S/C9H8ClN3S/c10-8-2-1-7(14-8)9-6(5-11)12-3-4-13-9/h1-4H,5,11H2. The van der Waals surface area contributed by atoms with Crippen molar-refractivity contribution in [3.63, 3.8) is 0 Å². The van der Waals surface area contributed by atoms with E-state index < -0.39 is 0 Å². The summed E-state index contributed by atoms with van der Waals surface area (Å²) in [5.41, 5.74) is 7.19. The van der Waals surface area contributed by atoms with Gasteiger partial charge in [-0.15, -0.1) is 11.3 Å². The maximum atomic E-state index is 5.84. The molecule has 0 aromatic carbocycles. The Labute approximate surface area is 90.6 Å². The second-order valence-corrected chi connectivity index (χ2v) is 4.37. The maximum absolute atomic E-state index is 5.84. The molecule has 72 valence electrons. The zero-order valence-corrected chi connectivity index (χ0v) is 8.85. The van der Waals surface area contributed by atoms with E-state index in [1.807, 2.05) is 12.1 Å². The monoisotopic (exact) mass is 225 g/mol. The SMILES string of the molecule is NCc1nccnc1-c1ccc(Cl)s1. The normalized spacial score (nSPS) is 10.4. The minimum absolute atomic E-state index is 0.388. The number of rotatable bonds is 2. The van der Waals surface area contributed by atoms with Crippen molar-refractivity contribution in [2.75, 3.05) is 0 Å². The summed E-state index contributed by atoms with van der Waals surface area (Å²) in [6, 6.07) is 3.77. The van der Waals surface area contributed by atoms with Crippen LogP contribution >= 0.6 is 22.9 Å². The largest absolute Gasteiger partial charge is 0.325 e. The molecule has 0 unspecified atom stereocenters. The van der Waals surface area contributed by atoms with E-state index in [1.165, 1.54) is 11.3 Å². The van der Waals surface area contributed by atoms with Crippen LogP contribution in [0.4, 0.5) is 0 Å². The second kappa shape index (κ2) is 4.04. The first-order valence-corrected chi connectivity index (χ1v) is 5.26. The van der Waals surface area contributed by atoms with Crippen LogP contribution in [0.5, 0.6) is 0 Å². The molecule has 2 aromatic rings. The lowest BCUT2D eigenvalue weighted by molar-refractivity contribution is 0.971. The highest BCUT2D eigenvalue weighted by Crippen LogP contribution is 2.30. The van der Waals surface area contributed by atoms with Crippen LogP contribution in [0.2, 0.25) is 4.34 Å². The highest BCUT2D eigenvalue weighted by atomic mass is 35.5. The number of hydrogen-bond acceptors (Lipinski definition) is 4. The third-order valence-electron chi connectivity index (χ3n) is 1.77. The molecule has 2 aromatic heterocycles. The number of nitrogens with two attached hydrogens (primary N) is 1. The molecule has 3 nitrogen and oxygen atoms in total. The van der Waals surface area contributed by atoms with Crippen molar-refractivity contribution in [2.45, 2.75) is 6.54 Å². The van der Waals surface area contributed by atoms with E-state index in [4.69, 9.17) is 17.3 Å². The number of aromatic nitrogens is 2. The fourth-order valence-corrected chi connectivity index (χ4v) is 2.23. The van der Waals surface area contributed by atoms with Gasteiger partial charge < -0.3 is 5.73 Å². The van der Waals surface area contributed by atoms with Crippen LogP contribution in [-0.2, 0) is 6.54 Å². The van der Waals surface area contributed by atoms with E-state index in [-0.39, 0.29) is 0 Å². The lowest BCUT2D eigenvalue weighted by Crippen LogP contribution is -2.02. The molecule has 0 spiro atoms. The van der Waals surface area contributed by atoms with Crippen LogP contribution < -0.4 is 5.73 Å².